The van der Waals surface area contributed by atoms with Crippen molar-refractivity contribution in [2.24, 2.45) is 11.8 Å². The highest BCUT2D eigenvalue weighted by atomic mass is 16.7. The van der Waals surface area contributed by atoms with E-state index in [1.54, 1.807) is 26.0 Å². The van der Waals surface area contributed by atoms with Gasteiger partial charge in [-0.05, 0) is 100 Å². The number of nitrogens with one attached hydrogen (secondary N) is 1. The fourth-order valence-electron chi connectivity index (χ4n) is 5.73. The van der Waals surface area contributed by atoms with Gasteiger partial charge in [0.2, 0.25) is 0 Å². The Morgan fingerprint density at radius 1 is 1.12 bits per heavy atom. The van der Waals surface area contributed by atoms with Crippen molar-refractivity contribution in [1.82, 2.24) is 15.1 Å². The molecule has 1 amide bonds. The lowest BCUT2D eigenvalue weighted by molar-refractivity contribution is -0.188. The van der Waals surface area contributed by atoms with E-state index in [-0.39, 0.29) is 36.7 Å². The lowest BCUT2D eigenvalue weighted by atomic mass is 9.90. The number of hydrogen-bond donors (Lipinski definition) is 1. The van der Waals surface area contributed by atoms with Crippen molar-refractivity contribution in [3.63, 3.8) is 0 Å². The van der Waals surface area contributed by atoms with Gasteiger partial charge in [0.1, 0.15) is 23.9 Å². The molecule has 0 radical (unpaired) electrons. The fourth-order valence-corrected chi connectivity index (χ4v) is 5.73. The van der Waals surface area contributed by atoms with Crippen molar-refractivity contribution in [1.29, 1.82) is 0 Å². The second kappa shape index (κ2) is 17.1. The third-order valence-electron chi connectivity index (χ3n) is 8.81. The van der Waals surface area contributed by atoms with Crippen molar-refractivity contribution in [2.75, 3.05) is 54.6 Å². The summed E-state index contributed by atoms with van der Waals surface area (Å²) < 4.78 is 27.5. The van der Waals surface area contributed by atoms with Gasteiger partial charge in [0.15, 0.2) is 6.29 Å². The molecule has 0 aliphatic carbocycles. The maximum absolute atomic E-state index is 12.5. The van der Waals surface area contributed by atoms with E-state index in [1.807, 2.05) is 27.7 Å². The zero-order valence-corrected chi connectivity index (χ0v) is 28.4. The average molecular weight is 614 g/mol. The summed E-state index contributed by atoms with van der Waals surface area (Å²) in [6.07, 6.45) is 5.44. The van der Waals surface area contributed by atoms with Crippen LogP contribution < -0.4 is 5.32 Å². The predicted molar refractivity (Wildman–Crippen MR) is 165 cm³/mol. The van der Waals surface area contributed by atoms with Gasteiger partial charge in [0, 0.05) is 52.2 Å². The Balaban J connectivity index is 0.000000448. The number of carbonyl (C=O) groups excluding carboxylic acids is 3. The summed E-state index contributed by atoms with van der Waals surface area (Å²) in [5.74, 6) is -1.25. The zero-order valence-electron chi connectivity index (χ0n) is 28.4. The Labute approximate surface area is 259 Å². The number of nitrogens with zero attached hydrogens (tertiary/aromatic N) is 2. The van der Waals surface area contributed by atoms with Crippen LogP contribution in [-0.4, -0.2) is 118 Å². The van der Waals surface area contributed by atoms with Crippen LogP contribution in [0.25, 0.3) is 0 Å². The first kappa shape index (κ1) is 37.4. The number of cyclic esters (lactones) is 1. The Bertz CT molecular complexity index is 894. The van der Waals surface area contributed by atoms with Crippen LogP contribution >= 0.6 is 0 Å². The van der Waals surface area contributed by atoms with Crippen LogP contribution in [0.15, 0.2) is 0 Å². The standard InChI is InChI=1S/C23H40N2O6.C9H19NO2/c1-16-19(26)8-11-23(5,29-6)10-7-12-24-18(15-30-20(16)27)17-9-13-25(14-17)21(28)31-22(2,3)4;1-7-5-8(10(2)3)6-9(11-4)12-7/h16-18,24H,7-15H2,1-6H3;7-9H,5-6H2,1-4H3/t16?,17?,18?,23-;/m1./s1. The largest absolute Gasteiger partial charge is 0.463 e. The number of esters is 1. The molecule has 250 valence electrons. The van der Waals surface area contributed by atoms with Gasteiger partial charge in [-0.1, -0.05) is 0 Å². The van der Waals surface area contributed by atoms with Gasteiger partial charge in [0.05, 0.1) is 11.7 Å². The smallest absolute Gasteiger partial charge is 0.410 e. The highest BCUT2D eigenvalue weighted by Crippen LogP contribution is 2.27. The predicted octanol–water partition coefficient (Wildman–Crippen LogP) is 4.02. The third kappa shape index (κ3) is 12.6. The molecule has 3 fully saturated rings. The van der Waals surface area contributed by atoms with Crippen molar-refractivity contribution in [2.45, 2.75) is 122 Å². The second-order valence-corrected chi connectivity index (χ2v) is 13.8. The Morgan fingerprint density at radius 3 is 2.42 bits per heavy atom. The van der Waals surface area contributed by atoms with Gasteiger partial charge in [0.25, 0.3) is 0 Å². The summed E-state index contributed by atoms with van der Waals surface area (Å²) in [6, 6.07) is 0.506. The zero-order chi connectivity index (χ0) is 32.4. The number of hydrogen-bond acceptors (Lipinski definition) is 10. The monoisotopic (exact) mass is 613 g/mol. The van der Waals surface area contributed by atoms with Crippen LogP contribution in [-0.2, 0) is 33.3 Å². The summed E-state index contributed by atoms with van der Waals surface area (Å²) >= 11 is 0. The van der Waals surface area contributed by atoms with Gasteiger partial charge in [-0.3, -0.25) is 9.59 Å². The normalized spacial score (nSPS) is 33.4. The number of rotatable bonds is 4. The van der Waals surface area contributed by atoms with Crippen LogP contribution in [0.5, 0.6) is 0 Å². The minimum atomic E-state index is -0.788. The molecular formula is C32H59N3O8. The molecule has 0 spiro atoms. The highest BCUT2D eigenvalue weighted by molar-refractivity contribution is 5.98. The third-order valence-corrected chi connectivity index (χ3v) is 8.81. The molecule has 0 aromatic heterocycles. The van der Waals surface area contributed by atoms with Crippen LogP contribution in [0.1, 0.15) is 86.5 Å². The molecule has 7 atom stereocenters. The van der Waals surface area contributed by atoms with Crippen molar-refractivity contribution in [3.8, 4) is 0 Å². The number of amides is 1. The van der Waals surface area contributed by atoms with E-state index in [0.29, 0.717) is 38.1 Å². The molecule has 3 rings (SSSR count). The Hall–Kier alpha value is -1.79. The maximum Gasteiger partial charge on any atom is 0.410 e. The number of ether oxygens (including phenoxy) is 5. The minimum Gasteiger partial charge on any atom is -0.463 e. The molecule has 3 aliphatic rings. The molecule has 3 aliphatic heterocycles. The Morgan fingerprint density at radius 2 is 1.81 bits per heavy atom. The van der Waals surface area contributed by atoms with E-state index in [2.05, 4.69) is 31.2 Å². The Kier molecular flexibility index (Phi) is 14.8. The molecular weight excluding hydrogens is 554 g/mol. The van der Waals surface area contributed by atoms with Gasteiger partial charge in [-0.2, -0.15) is 0 Å². The van der Waals surface area contributed by atoms with Gasteiger partial charge in [-0.15, -0.1) is 0 Å². The van der Waals surface area contributed by atoms with E-state index >= 15 is 0 Å². The first-order valence-corrected chi connectivity index (χ1v) is 15.9. The molecule has 11 nitrogen and oxygen atoms in total. The van der Waals surface area contributed by atoms with Crippen molar-refractivity contribution < 1.29 is 38.1 Å². The number of likely N-dealkylation sites (tertiary alicyclic amines) is 1. The van der Waals surface area contributed by atoms with E-state index in [0.717, 1.165) is 38.6 Å². The van der Waals surface area contributed by atoms with Crippen LogP contribution in [0, 0.1) is 11.8 Å². The van der Waals surface area contributed by atoms with E-state index < -0.39 is 23.1 Å². The first-order chi connectivity index (χ1) is 20.1. The average Bonchev–Trinajstić information content (AvgIpc) is 3.44. The SMILES string of the molecule is COC1CC(N(C)C)CC(C)O1.CO[C@]1(C)CCCNC(C2CCN(C(=O)OC(C)(C)C)C2)COC(=O)C(C)C(=O)CC1. The number of Topliss-reactive ketones (excluding diaryl/α,β-unsaturated/α-hetero) is 1. The topological polar surface area (TPSA) is 116 Å². The van der Waals surface area contributed by atoms with Gasteiger partial charge in [-0.25, -0.2) is 4.79 Å². The van der Waals surface area contributed by atoms with E-state index in [9.17, 15) is 14.4 Å². The van der Waals surface area contributed by atoms with Crippen LogP contribution in [0.4, 0.5) is 4.79 Å². The van der Waals surface area contributed by atoms with Crippen molar-refractivity contribution >= 4 is 17.8 Å². The van der Waals surface area contributed by atoms with E-state index in [4.69, 9.17) is 23.7 Å². The lowest BCUT2D eigenvalue weighted by Gasteiger charge is -2.36. The molecule has 0 aromatic rings. The summed E-state index contributed by atoms with van der Waals surface area (Å²) in [5, 5.41) is 3.52. The molecule has 6 unspecified atom stereocenters. The summed E-state index contributed by atoms with van der Waals surface area (Å²) in [7, 11) is 7.58. The second-order valence-electron chi connectivity index (χ2n) is 13.8. The maximum atomic E-state index is 12.5. The van der Waals surface area contributed by atoms with Crippen LogP contribution in [0.3, 0.4) is 0 Å². The molecule has 1 N–H and O–H groups in total. The summed E-state index contributed by atoms with van der Waals surface area (Å²) in [4.78, 5) is 41.3. The molecule has 43 heavy (non-hydrogen) atoms. The molecule has 0 saturated carbocycles. The fraction of sp³-hybridized carbons (Fsp3) is 0.906. The van der Waals surface area contributed by atoms with Crippen molar-refractivity contribution in [3.05, 3.63) is 0 Å². The highest BCUT2D eigenvalue weighted by Gasteiger charge is 2.36. The molecule has 3 saturated heterocycles. The molecule has 0 aromatic carbocycles. The molecule has 3 heterocycles. The first-order valence-electron chi connectivity index (χ1n) is 15.9. The summed E-state index contributed by atoms with van der Waals surface area (Å²) in [6.45, 7) is 13.4. The molecule has 11 heteroatoms. The van der Waals surface area contributed by atoms with Gasteiger partial charge >= 0.3 is 12.1 Å². The lowest BCUT2D eigenvalue weighted by Crippen LogP contribution is -2.44. The quantitative estimate of drug-likeness (QED) is 0.368. The van der Waals surface area contributed by atoms with E-state index in [1.165, 1.54) is 0 Å². The number of carbonyl (C=O) groups is 3. The molecule has 0 bridgehead atoms. The number of ketones is 1. The van der Waals surface area contributed by atoms with Gasteiger partial charge < -0.3 is 38.8 Å². The summed E-state index contributed by atoms with van der Waals surface area (Å²) in [5.41, 5.74) is -0.934. The minimum absolute atomic E-state index is 0.0128. The van der Waals surface area contributed by atoms with Crippen LogP contribution in [0.2, 0.25) is 0 Å². The number of methoxy groups -OCH3 is 2.